The quantitative estimate of drug-likeness (QED) is 0.830. The second-order valence-electron chi connectivity index (χ2n) is 6.24. The van der Waals surface area contributed by atoms with Gasteiger partial charge in [-0.3, -0.25) is 9.69 Å². The third-order valence-corrected chi connectivity index (χ3v) is 5.11. The molecule has 0 bridgehead atoms. The van der Waals surface area contributed by atoms with Crippen molar-refractivity contribution in [3.63, 3.8) is 0 Å². The molecule has 25 heavy (non-hydrogen) atoms. The van der Waals surface area contributed by atoms with Gasteiger partial charge in [-0.05, 0) is 31.0 Å². The number of thiophene rings is 1. The maximum absolute atomic E-state index is 12.5. The van der Waals surface area contributed by atoms with Crippen molar-refractivity contribution >= 4 is 17.2 Å². The topological polar surface area (TPSA) is 58.4 Å². The van der Waals surface area contributed by atoms with E-state index >= 15 is 0 Å². The van der Waals surface area contributed by atoms with Crippen LogP contribution in [0.5, 0.6) is 0 Å². The minimum atomic E-state index is -0.0105. The van der Waals surface area contributed by atoms with Crippen LogP contribution in [0, 0.1) is 11.8 Å². The molecule has 5 heteroatoms. The number of rotatable bonds is 4. The number of piperidine rings is 1. The fraction of sp³-hybridized carbons (Fsp3) is 0.350. The first kappa shape index (κ1) is 17.7. The van der Waals surface area contributed by atoms with Gasteiger partial charge in [-0.2, -0.15) is 0 Å². The predicted octanol–water partition coefficient (Wildman–Crippen LogP) is 2.45. The number of nitrogens with zero attached hydrogens (tertiary/aromatic N) is 1. The molecule has 1 aliphatic heterocycles. The average molecular weight is 353 g/mol. The van der Waals surface area contributed by atoms with E-state index in [1.165, 1.54) is 16.9 Å². The zero-order chi connectivity index (χ0) is 17.5. The van der Waals surface area contributed by atoms with Gasteiger partial charge in [0.25, 0.3) is 5.91 Å². The lowest BCUT2D eigenvalue weighted by molar-refractivity contribution is 0.0901. The van der Waals surface area contributed by atoms with E-state index in [4.69, 9.17) is 5.73 Å². The molecule has 0 saturated carbocycles. The summed E-state index contributed by atoms with van der Waals surface area (Å²) in [6.45, 7) is 3.24. The molecule has 1 fully saturated rings. The van der Waals surface area contributed by atoms with Crippen LogP contribution < -0.4 is 11.1 Å². The monoisotopic (exact) mass is 353 g/mol. The summed E-state index contributed by atoms with van der Waals surface area (Å²) in [4.78, 5) is 15.8. The SMILES string of the molecule is NCC#Cc1cc(C(=O)NC2CCCN(Cc3ccccc3)C2)cs1. The van der Waals surface area contributed by atoms with Crippen molar-refractivity contribution in [1.29, 1.82) is 0 Å². The van der Waals surface area contributed by atoms with Gasteiger partial charge in [0.05, 0.1) is 17.0 Å². The van der Waals surface area contributed by atoms with E-state index in [0.29, 0.717) is 12.1 Å². The summed E-state index contributed by atoms with van der Waals surface area (Å²) in [5, 5.41) is 5.04. The van der Waals surface area contributed by atoms with Crippen molar-refractivity contribution in [3.05, 3.63) is 57.8 Å². The molecule has 1 unspecified atom stereocenters. The Morgan fingerprint density at radius 1 is 1.36 bits per heavy atom. The van der Waals surface area contributed by atoms with Crippen molar-refractivity contribution in [2.75, 3.05) is 19.6 Å². The first-order valence-corrected chi connectivity index (χ1v) is 9.47. The van der Waals surface area contributed by atoms with Crippen LogP contribution >= 0.6 is 11.3 Å². The van der Waals surface area contributed by atoms with E-state index < -0.39 is 0 Å². The lowest BCUT2D eigenvalue weighted by Gasteiger charge is -2.33. The Balaban J connectivity index is 1.55. The molecule has 0 radical (unpaired) electrons. The Morgan fingerprint density at radius 2 is 2.20 bits per heavy atom. The van der Waals surface area contributed by atoms with Crippen LogP contribution in [0.25, 0.3) is 0 Å². The van der Waals surface area contributed by atoms with E-state index in [2.05, 4.69) is 46.3 Å². The van der Waals surface area contributed by atoms with Crippen molar-refractivity contribution in [3.8, 4) is 11.8 Å². The molecule has 1 aromatic carbocycles. The lowest BCUT2D eigenvalue weighted by atomic mass is 10.0. The van der Waals surface area contributed by atoms with Crippen LogP contribution in [0.1, 0.15) is 33.6 Å². The van der Waals surface area contributed by atoms with Crippen LogP contribution in [0.2, 0.25) is 0 Å². The Hall–Kier alpha value is -2.13. The normalized spacial score (nSPS) is 17.6. The number of hydrogen-bond acceptors (Lipinski definition) is 4. The highest BCUT2D eigenvalue weighted by atomic mass is 32.1. The second-order valence-corrected chi connectivity index (χ2v) is 7.15. The van der Waals surface area contributed by atoms with Crippen LogP contribution in [0.15, 0.2) is 41.8 Å². The number of nitrogens with two attached hydrogens (primary N) is 1. The molecule has 3 N–H and O–H groups in total. The van der Waals surface area contributed by atoms with Crippen LogP contribution in [0.3, 0.4) is 0 Å². The fourth-order valence-electron chi connectivity index (χ4n) is 3.09. The highest BCUT2D eigenvalue weighted by molar-refractivity contribution is 7.10. The number of benzene rings is 1. The highest BCUT2D eigenvalue weighted by Crippen LogP contribution is 2.16. The molecular formula is C20H23N3OS. The van der Waals surface area contributed by atoms with Crippen molar-refractivity contribution < 1.29 is 4.79 Å². The molecule has 1 aromatic heterocycles. The molecule has 1 atom stereocenters. The molecule has 2 heterocycles. The fourth-order valence-corrected chi connectivity index (χ4v) is 3.84. The first-order chi connectivity index (χ1) is 12.2. The molecule has 0 aliphatic carbocycles. The summed E-state index contributed by atoms with van der Waals surface area (Å²) in [6, 6.07) is 12.5. The smallest absolute Gasteiger partial charge is 0.252 e. The maximum atomic E-state index is 12.5. The zero-order valence-electron chi connectivity index (χ0n) is 14.2. The van der Waals surface area contributed by atoms with Gasteiger partial charge >= 0.3 is 0 Å². The van der Waals surface area contributed by atoms with Gasteiger partial charge < -0.3 is 11.1 Å². The Morgan fingerprint density at radius 3 is 3.00 bits per heavy atom. The van der Waals surface area contributed by atoms with Gasteiger partial charge in [-0.25, -0.2) is 0 Å². The Labute approximate surface area is 153 Å². The van der Waals surface area contributed by atoms with E-state index in [1.807, 2.05) is 17.5 Å². The predicted molar refractivity (Wildman–Crippen MR) is 102 cm³/mol. The number of likely N-dealkylation sites (tertiary alicyclic amines) is 1. The summed E-state index contributed by atoms with van der Waals surface area (Å²) in [5.74, 6) is 5.78. The van der Waals surface area contributed by atoms with Gasteiger partial charge in [-0.15, -0.1) is 11.3 Å². The number of hydrogen-bond donors (Lipinski definition) is 2. The Bertz CT molecular complexity index is 760. The maximum Gasteiger partial charge on any atom is 0.252 e. The highest BCUT2D eigenvalue weighted by Gasteiger charge is 2.22. The third-order valence-electron chi connectivity index (χ3n) is 4.27. The summed E-state index contributed by atoms with van der Waals surface area (Å²) >= 11 is 1.48. The molecule has 2 aromatic rings. The minimum Gasteiger partial charge on any atom is -0.348 e. The molecule has 4 nitrogen and oxygen atoms in total. The number of amides is 1. The van der Waals surface area contributed by atoms with Crippen LogP contribution in [-0.2, 0) is 6.54 Å². The summed E-state index contributed by atoms with van der Waals surface area (Å²) in [7, 11) is 0. The minimum absolute atomic E-state index is 0.0105. The number of carbonyl (C=O) groups is 1. The summed E-state index contributed by atoms with van der Waals surface area (Å²) in [6.07, 6.45) is 2.13. The zero-order valence-corrected chi connectivity index (χ0v) is 15.0. The van der Waals surface area contributed by atoms with Crippen molar-refractivity contribution in [2.45, 2.75) is 25.4 Å². The Kier molecular flexibility index (Phi) is 6.24. The first-order valence-electron chi connectivity index (χ1n) is 8.59. The molecule has 1 aliphatic rings. The van der Waals surface area contributed by atoms with Crippen molar-refractivity contribution in [2.24, 2.45) is 5.73 Å². The standard InChI is InChI=1S/C20H23N3OS/c21-10-4-9-19-12-17(15-25-19)20(24)22-18-8-5-11-23(14-18)13-16-6-2-1-3-7-16/h1-3,6-7,12,15,18H,5,8,10-11,13-14,21H2,(H,22,24). The molecule has 1 amide bonds. The number of carbonyl (C=O) groups excluding carboxylic acids is 1. The molecule has 1 saturated heterocycles. The largest absolute Gasteiger partial charge is 0.348 e. The molecular weight excluding hydrogens is 330 g/mol. The van der Waals surface area contributed by atoms with E-state index in [-0.39, 0.29) is 11.9 Å². The van der Waals surface area contributed by atoms with Gasteiger partial charge in [0, 0.05) is 24.5 Å². The molecule has 0 spiro atoms. The van der Waals surface area contributed by atoms with Gasteiger partial charge in [0.1, 0.15) is 0 Å². The average Bonchev–Trinajstić information content (AvgIpc) is 3.10. The van der Waals surface area contributed by atoms with Crippen LogP contribution in [-0.4, -0.2) is 36.5 Å². The van der Waals surface area contributed by atoms with Gasteiger partial charge in [0.2, 0.25) is 0 Å². The van der Waals surface area contributed by atoms with Gasteiger partial charge in [0.15, 0.2) is 0 Å². The van der Waals surface area contributed by atoms with Gasteiger partial charge in [-0.1, -0.05) is 42.2 Å². The van der Waals surface area contributed by atoms with Crippen LogP contribution in [0.4, 0.5) is 0 Å². The van der Waals surface area contributed by atoms with Crippen molar-refractivity contribution in [1.82, 2.24) is 10.2 Å². The lowest BCUT2D eigenvalue weighted by Crippen LogP contribution is -2.47. The van der Waals surface area contributed by atoms with E-state index in [0.717, 1.165) is 37.4 Å². The van der Waals surface area contributed by atoms with E-state index in [1.54, 1.807) is 0 Å². The summed E-state index contributed by atoms with van der Waals surface area (Å²) < 4.78 is 0. The number of nitrogens with one attached hydrogen (secondary N) is 1. The third kappa shape index (κ3) is 5.17. The summed E-state index contributed by atoms with van der Waals surface area (Å²) in [5.41, 5.74) is 7.38. The molecule has 130 valence electrons. The molecule has 3 rings (SSSR count). The van der Waals surface area contributed by atoms with E-state index in [9.17, 15) is 4.79 Å². The second kappa shape index (κ2) is 8.82.